The van der Waals surface area contributed by atoms with Gasteiger partial charge in [-0.1, -0.05) is 0 Å². The standard InChI is InChI=1S/C15H28N4O2/c1-12-13(10-16-6-8-20-5)14(18(4)17-12)19-7-9-21-11-15(19,2)3/h16H,6-11H2,1-5H3. The van der Waals surface area contributed by atoms with Gasteiger partial charge in [-0.05, 0) is 20.8 Å². The third kappa shape index (κ3) is 3.56. The highest BCUT2D eigenvalue weighted by atomic mass is 16.5. The second-order valence-corrected chi connectivity index (χ2v) is 6.20. The largest absolute Gasteiger partial charge is 0.383 e. The number of nitrogens with one attached hydrogen (secondary N) is 1. The Bertz CT molecular complexity index is 470. The van der Waals surface area contributed by atoms with E-state index in [0.717, 1.165) is 45.1 Å². The fourth-order valence-electron chi connectivity index (χ4n) is 2.87. The summed E-state index contributed by atoms with van der Waals surface area (Å²) in [6.45, 7) is 11.3. The summed E-state index contributed by atoms with van der Waals surface area (Å²) < 4.78 is 12.7. The van der Waals surface area contributed by atoms with Crippen LogP contribution in [-0.2, 0) is 23.1 Å². The lowest BCUT2D eigenvalue weighted by Gasteiger charge is -2.43. The Morgan fingerprint density at radius 2 is 2.19 bits per heavy atom. The number of methoxy groups -OCH3 is 1. The number of morpholine rings is 1. The summed E-state index contributed by atoms with van der Waals surface area (Å²) in [5.41, 5.74) is 2.34. The van der Waals surface area contributed by atoms with Crippen LogP contribution < -0.4 is 10.2 Å². The van der Waals surface area contributed by atoms with Crippen molar-refractivity contribution in [1.29, 1.82) is 0 Å². The molecular weight excluding hydrogens is 268 g/mol. The molecule has 1 saturated heterocycles. The molecule has 0 spiro atoms. The summed E-state index contributed by atoms with van der Waals surface area (Å²) in [4.78, 5) is 2.42. The van der Waals surface area contributed by atoms with Crippen LogP contribution in [0.4, 0.5) is 5.82 Å². The van der Waals surface area contributed by atoms with Gasteiger partial charge in [0.2, 0.25) is 0 Å². The lowest BCUT2D eigenvalue weighted by Crippen LogP contribution is -2.54. The van der Waals surface area contributed by atoms with Crippen LogP contribution in [0.15, 0.2) is 0 Å². The summed E-state index contributed by atoms with van der Waals surface area (Å²) in [5.74, 6) is 1.20. The normalized spacial score (nSPS) is 18.2. The zero-order valence-corrected chi connectivity index (χ0v) is 13.9. The van der Waals surface area contributed by atoms with Gasteiger partial charge in [0.15, 0.2) is 0 Å². The van der Waals surface area contributed by atoms with Crippen LogP contribution in [0.25, 0.3) is 0 Å². The molecule has 0 aliphatic carbocycles. The molecule has 1 aliphatic rings. The van der Waals surface area contributed by atoms with Crippen LogP contribution in [0.2, 0.25) is 0 Å². The summed E-state index contributed by atoms with van der Waals surface area (Å²) >= 11 is 0. The maximum atomic E-state index is 5.63. The number of aromatic nitrogens is 2. The lowest BCUT2D eigenvalue weighted by atomic mass is 10.0. The highest BCUT2D eigenvalue weighted by molar-refractivity contribution is 5.52. The molecule has 1 fully saturated rings. The molecule has 1 aliphatic heterocycles. The first-order chi connectivity index (χ1) is 9.97. The fraction of sp³-hybridized carbons (Fsp3) is 0.800. The van der Waals surface area contributed by atoms with Gasteiger partial charge in [-0.25, -0.2) is 0 Å². The Labute approximate surface area is 127 Å². The van der Waals surface area contributed by atoms with E-state index in [-0.39, 0.29) is 5.54 Å². The number of nitrogens with zero attached hydrogens (tertiary/aromatic N) is 3. The van der Waals surface area contributed by atoms with E-state index in [1.54, 1.807) is 7.11 Å². The quantitative estimate of drug-likeness (QED) is 0.796. The Morgan fingerprint density at radius 1 is 1.43 bits per heavy atom. The highest BCUT2D eigenvalue weighted by Gasteiger charge is 2.34. The van der Waals surface area contributed by atoms with Crippen molar-refractivity contribution in [3.05, 3.63) is 11.3 Å². The van der Waals surface area contributed by atoms with E-state index >= 15 is 0 Å². The van der Waals surface area contributed by atoms with Crippen LogP contribution in [0.1, 0.15) is 25.1 Å². The predicted molar refractivity (Wildman–Crippen MR) is 83.8 cm³/mol. The summed E-state index contributed by atoms with van der Waals surface area (Å²) in [7, 11) is 3.74. The first-order valence-electron chi connectivity index (χ1n) is 7.55. The maximum absolute atomic E-state index is 5.63. The van der Waals surface area contributed by atoms with Crippen molar-refractivity contribution in [2.24, 2.45) is 7.05 Å². The summed E-state index contributed by atoms with van der Waals surface area (Å²) in [6, 6.07) is 0. The topological polar surface area (TPSA) is 51.5 Å². The molecule has 21 heavy (non-hydrogen) atoms. The minimum Gasteiger partial charge on any atom is -0.383 e. The highest BCUT2D eigenvalue weighted by Crippen LogP contribution is 2.31. The van der Waals surface area contributed by atoms with Gasteiger partial charge in [0.05, 0.1) is 31.1 Å². The molecule has 6 heteroatoms. The van der Waals surface area contributed by atoms with E-state index in [9.17, 15) is 0 Å². The van der Waals surface area contributed by atoms with Gasteiger partial charge in [-0.15, -0.1) is 0 Å². The van der Waals surface area contributed by atoms with Crippen LogP contribution >= 0.6 is 0 Å². The van der Waals surface area contributed by atoms with Crippen LogP contribution in [0, 0.1) is 6.92 Å². The smallest absolute Gasteiger partial charge is 0.131 e. The van der Waals surface area contributed by atoms with E-state index in [0.29, 0.717) is 0 Å². The molecule has 0 bridgehead atoms. The zero-order chi connectivity index (χ0) is 15.5. The van der Waals surface area contributed by atoms with E-state index in [4.69, 9.17) is 9.47 Å². The fourth-order valence-corrected chi connectivity index (χ4v) is 2.87. The average molecular weight is 296 g/mol. The van der Waals surface area contributed by atoms with Gasteiger partial charge in [-0.2, -0.15) is 5.10 Å². The van der Waals surface area contributed by atoms with E-state index in [2.05, 4.69) is 36.1 Å². The van der Waals surface area contributed by atoms with Crippen LogP contribution in [0.3, 0.4) is 0 Å². The van der Waals surface area contributed by atoms with Gasteiger partial charge in [-0.3, -0.25) is 4.68 Å². The number of aryl methyl sites for hydroxylation is 2. The number of hydrogen-bond acceptors (Lipinski definition) is 5. The molecule has 1 aromatic heterocycles. The monoisotopic (exact) mass is 296 g/mol. The van der Waals surface area contributed by atoms with Crippen molar-refractivity contribution in [3.63, 3.8) is 0 Å². The van der Waals surface area contributed by atoms with E-state index < -0.39 is 0 Å². The molecule has 0 radical (unpaired) electrons. The number of ether oxygens (including phenoxy) is 2. The number of hydrogen-bond donors (Lipinski definition) is 1. The Kier molecular flexibility index (Phi) is 5.24. The Hall–Kier alpha value is -1.11. The molecule has 2 rings (SSSR count). The predicted octanol–water partition coefficient (Wildman–Crippen LogP) is 1.08. The summed E-state index contributed by atoms with van der Waals surface area (Å²) in [5, 5.41) is 8.04. The van der Waals surface area contributed by atoms with Crippen LogP contribution in [-0.4, -0.2) is 55.3 Å². The molecule has 0 aromatic carbocycles. The second-order valence-electron chi connectivity index (χ2n) is 6.20. The van der Waals surface area contributed by atoms with Crippen molar-refractivity contribution >= 4 is 5.82 Å². The molecular formula is C15H28N4O2. The SMILES string of the molecule is COCCNCc1c(C)nn(C)c1N1CCOCC1(C)C. The van der Waals surface area contributed by atoms with Gasteiger partial charge >= 0.3 is 0 Å². The first kappa shape index (κ1) is 16.3. The Morgan fingerprint density at radius 3 is 2.86 bits per heavy atom. The van der Waals surface area contributed by atoms with Gasteiger partial charge < -0.3 is 19.7 Å². The van der Waals surface area contributed by atoms with E-state index in [1.807, 2.05) is 11.7 Å². The van der Waals surface area contributed by atoms with Gasteiger partial charge in [0.25, 0.3) is 0 Å². The van der Waals surface area contributed by atoms with Crippen molar-refractivity contribution in [3.8, 4) is 0 Å². The molecule has 0 unspecified atom stereocenters. The molecule has 0 amide bonds. The number of anilines is 1. The van der Waals surface area contributed by atoms with E-state index in [1.165, 1.54) is 11.4 Å². The third-order valence-electron chi connectivity index (χ3n) is 4.00. The molecule has 0 atom stereocenters. The van der Waals surface area contributed by atoms with Crippen molar-refractivity contribution in [2.75, 3.05) is 44.9 Å². The zero-order valence-electron chi connectivity index (χ0n) is 13.9. The lowest BCUT2D eigenvalue weighted by molar-refractivity contribution is 0.0633. The second kappa shape index (κ2) is 6.77. The molecule has 6 nitrogen and oxygen atoms in total. The average Bonchev–Trinajstić information content (AvgIpc) is 2.69. The third-order valence-corrected chi connectivity index (χ3v) is 4.00. The minimum atomic E-state index is -0.0141. The molecule has 0 saturated carbocycles. The van der Waals surface area contributed by atoms with Crippen LogP contribution in [0.5, 0.6) is 0 Å². The molecule has 2 heterocycles. The molecule has 120 valence electrons. The first-order valence-corrected chi connectivity index (χ1v) is 7.55. The van der Waals surface area contributed by atoms with Crippen molar-refractivity contribution in [1.82, 2.24) is 15.1 Å². The molecule has 1 N–H and O–H groups in total. The number of rotatable bonds is 6. The molecule has 1 aromatic rings. The van der Waals surface area contributed by atoms with Gasteiger partial charge in [0, 0.05) is 39.4 Å². The van der Waals surface area contributed by atoms with Crippen molar-refractivity contribution < 1.29 is 9.47 Å². The van der Waals surface area contributed by atoms with Crippen molar-refractivity contribution in [2.45, 2.75) is 32.9 Å². The Balaban J connectivity index is 2.21. The maximum Gasteiger partial charge on any atom is 0.131 e. The van der Waals surface area contributed by atoms with Gasteiger partial charge in [0.1, 0.15) is 5.82 Å². The minimum absolute atomic E-state index is 0.0141. The summed E-state index contributed by atoms with van der Waals surface area (Å²) in [6.07, 6.45) is 0.